The normalized spacial score (nSPS) is 12.6. The number of hydrogen-bond donors (Lipinski definition) is 2. The zero-order chi connectivity index (χ0) is 13.2. The highest BCUT2D eigenvalue weighted by molar-refractivity contribution is 5.34. The summed E-state index contributed by atoms with van der Waals surface area (Å²) in [5.41, 5.74) is 7.45. The highest BCUT2D eigenvalue weighted by Gasteiger charge is 2.04. The number of rotatable bonds is 9. The maximum Gasteiger partial charge on any atom is 0.0501 e. The van der Waals surface area contributed by atoms with Gasteiger partial charge in [-0.3, -0.25) is 4.98 Å². The molecule has 1 unspecified atom stereocenters. The third kappa shape index (κ3) is 6.01. The minimum Gasteiger partial charge on any atom is -0.397 e. The van der Waals surface area contributed by atoms with Crippen LogP contribution in [0, 0.1) is 5.92 Å². The topological polar surface area (TPSA) is 50.9 Å². The minimum atomic E-state index is 0.734. The predicted molar refractivity (Wildman–Crippen MR) is 78.5 cm³/mol. The lowest BCUT2D eigenvalue weighted by Gasteiger charge is -2.15. The molecule has 0 saturated carbocycles. The van der Waals surface area contributed by atoms with Gasteiger partial charge in [0, 0.05) is 18.7 Å². The van der Waals surface area contributed by atoms with Crippen molar-refractivity contribution < 1.29 is 0 Å². The molecule has 1 aromatic heterocycles. The number of nitrogens with two attached hydrogens (primary N) is 1. The molecule has 102 valence electrons. The second-order valence-electron chi connectivity index (χ2n) is 4.95. The van der Waals surface area contributed by atoms with Crippen LogP contribution in [0.3, 0.4) is 0 Å². The maximum atomic E-state index is 5.61. The summed E-state index contributed by atoms with van der Waals surface area (Å²) in [6.45, 7) is 6.67. The van der Waals surface area contributed by atoms with Crippen LogP contribution in [0.15, 0.2) is 18.3 Å². The Morgan fingerprint density at radius 3 is 2.78 bits per heavy atom. The van der Waals surface area contributed by atoms with E-state index < -0.39 is 0 Å². The Balaban J connectivity index is 2.15. The number of aromatic nitrogens is 1. The summed E-state index contributed by atoms with van der Waals surface area (Å²) in [5, 5.41) is 3.54. The summed E-state index contributed by atoms with van der Waals surface area (Å²) >= 11 is 0. The zero-order valence-electron chi connectivity index (χ0n) is 11.8. The molecule has 1 aromatic rings. The highest BCUT2D eigenvalue weighted by atomic mass is 14.9. The molecular formula is C15H27N3. The molecule has 0 amide bonds. The van der Waals surface area contributed by atoms with E-state index in [0.717, 1.165) is 36.8 Å². The van der Waals surface area contributed by atoms with Gasteiger partial charge in [0.05, 0.1) is 11.9 Å². The Labute approximate surface area is 111 Å². The Bertz CT molecular complexity index is 308. The summed E-state index contributed by atoms with van der Waals surface area (Å²) in [6, 6.07) is 3.92. The van der Waals surface area contributed by atoms with E-state index in [1.807, 2.05) is 12.1 Å². The fraction of sp³-hybridized carbons (Fsp3) is 0.667. The quantitative estimate of drug-likeness (QED) is 0.661. The number of nitrogens with one attached hydrogen (secondary N) is 1. The fourth-order valence-electron chi connectivity index (χ4n) is 2.05. The average molecular weight is 249 g/mol. The Hall–Kier alpha value is -1.09. The zero-order valence-corrected chi connectivity index (χ0v) is 11.8. The van der Waals surface area contributed by atoms with Gasteiger partial charge >= 0.3 is 0 Å². The van der Waals surface area contributed by atoms with Crippen molar-refractivity contribution in [3.8, 4) is 0 Å². The second kappa shape index (κ2) is 8.92. The lowest BCUT2D eigenvalue weighted by molar-refractivity contribution is 0.421. The van der Waals surface area contributed by atoms with Gasteiger partial charge in [0.1, 0.15) is 0 Å². The summed E-state index contributed by atoms with van der Waals surface area (Å²) in [5.74, 6) is 0.823. The molecule has 0 saturated heterocycles. The molecule has 0 radical (unpaired) electrons. The number of nitrogens with zero attached hydrogens (tertiary/aromatic N) is 1. The molecule has 1 atom stereocenters. The average Bonchev–Trinajstić information content (AvgIpc) is 2.40. The molecule has 0 aliphatic rings. The summed E-state index contributed by atoms with van der Waals surface area (Å²) in [7, 11) is 0. The van der Waals surface area contributed by atoms with Gasteiger partial charge in [-0.05, 0) is 31.0 Å². The molecule has 3 heteroatoms. The molecule has 1 rings (SSSR count). The van der Waals surface area contributed by atoms with Crippen molar-refractivity contribution in [2.24, 2.45) is 5.92 Å². The van der Waals surface area contributed by atoms with Gasteiger partial charge in [0.2, 0.25) is 0 Å². The van der Waals surface area contributed by atoms with E-state index in [4.69, 9.17) is 5.73 Å². The molecule has 18 heavy (non-hydrogen) atoms. The van der Waals surface area contributed by atoms with Crippen molar-refractivity contribution in [2.75, 3.05) is 18.8 Å². The minimum absolute atomic E-state index is 0.734. The Kier molecular flexibility index (Phi) is 7.42. The number of nitrogen functional groups attached to an aromatic ring is 1. The first-order chi connectivity index (χ1) is 8.76. The van der Waals surface area contributed by atoms with Crippen molar-refractivity contribution in [1.82, 2.24) is 10.3 Å². The van der Waals surface area contributed by atoms with Crippen LogP contribution in [-0.2, 0) is 6.42 Å². The van der Waals surface area contributed by atoms with Gasteiger partial charge in [-0.15, -0.1) is 0 Å². The van der Waals surface area contributed by atoms with E-state index in [-0.39, 0.29) is 0 Å². The van der Waals surface area contributed by atoms with Crippen molar-refractivity contribution in [3.05, 3.63) is 24.0 Å². The number of hydrogen-bond acceptors (Lipinski definition) is 3. The van der Waals surface area contributed by atoms with E-state index >= 15 is 0 Å². The van der Waals surface area contributed by atoms with E-state index in [9.17, 15) is 0 Å². The summed E-state index contributed by atoms with van der Waals surface area (Å²) < 4.78 is 0. The summed E-state index contributed by atoms with van der Waals surface area (Å²) in [6.07, 6.45) is 7.97. The molecule has 0 bridgehead atoms. The molecule has 0 aliphatic carbocycles. The molecule has 3 nitrogen and oxygen atoms in total. The monoisotopic (exact) mass is 249 g/mol. The summed E-state index contributed by atoms with van der Waals surface area (Å²) in [4.78, 5) is 4.30. The van der Waals surface area contributed by atoms with E-state index in [1.165, 1.54) is 25.7 Å². The first kappa shape index (κ1) is 15.0. The molecule has 0 fully saturated rings. The molecule has 0 spiro atoms. The maximum absolute atomic E-state index is 5.61. The van der Waals surface area contributed by atoms with Crippen LogP contribution in [0.2, 0.25) is 0 Å². The fourth-order valence-corrected chi connectivity index (χ4v) is 2.05. The molecule has 3 N–H and O–H groups in total. The first-order valence-electron chi connectivity index (χ1n) is 7.17. The van der Waals surface area contributed by atoms with Gasteiger partial charge in [-0.2, -0.15) is 0 Å². The van der Waals surface area contributed by atoms with Crippen LogP contribution >= 0.6 is 0 Å². The van der Waals surface area contributed by atoms with Crippen LogP contribution in [0.1, 0.15) is 45.2 Å². The molecule has 0 aromatic carbocycles. The molecule has 1 heterocycles. The molecular weight excluding hydrogens is 222 g/mol. The van der Waals surface area contributed by atoms with Crippen molar-refractivity contribution >= 4 is 5.69 Å². The van der Waals surface area contributed by atoms with Crippen molar-refractivity contribution in [1.29, 1.82) is 0 Å². The van der Waals surface area contributed by atoms with Gasteiger partial charge in [-0.1, -0.05) is 33.1 Å². The van der Waals surface area contributed by atoms with Crippen LogP contribution in [0.5, 0.6) is 0 Å². The van der Waals surface area contributed by atoms with Crippen LogP contribution in [-0.4, -0.2) is 18.1 Å². The Morgan fingerprint density at radius 2 is 2.17 bits per heavy atom. The van der Waals surface area contributed by atoms with E-state index in [2.05, 4.69) is 24.1 Å². The number of anilines is 1. The van der Waals surface area contributed by atoms with Gasteiger partial charge < -0.3 is 11.1 Å². The van der Waals surface area contributed by atoms with Gasteiger partial charge in [0.15, 0.2) is 0 Å². The van der Waals surface area contributed by atoms with Gasteiger partial charge in [0.25, 0.3) is 0 Å². The van der Waals surface area contributed by atoms with Crippen LogP contribution in [0.4, 0.5) is 5.69 Å². The third-order valence-electron chi connectivity index (χ3n) is 3.38. The van der Waals surface area contributed by atoms with E-state index in [0.29, 0.717) is 0 Å². The van der Waals surface area contributed by atoms with Crippen LogP contribution in [0.25, 0.3) is 0 Å². The number of unbranched alkanes of at least 4 members (excludes halogenated alkanes) is 1. The van der Waals surface area contributed by atoms with Crippen molar-refractivity contribution in [3.63, 3.8) is 0 Å². The number of pyridine rings is 1. The largest absolute Gasteiger partial charge is 0.397 e. The highest BCUT2D eigenvalue weighted by Crippen LogP contribution is 2.11. The smallest absolute Gasteiger partial charge is 0.0501 e. The lowest BCUT2D eigenvalue weighted by Crippen LogP contribution is -2.25. The van der Waals surface area contributed by atoms with Gasteiger partial charge in [-0.25, -0.2) is 0 Å². The predicted octanol–water partition coefficient (Wildman–Crippen LogP) is 3.01. The van der Waals surface area contributed by atoms with Crippen LogP contribution < -0.4 is 11.1 Å². The second-order valence-corrected chi connectivity index (χ2v) is 4.95. The molecule has 0 aliphatic heterocycles. The van der Waals surface area contributed by atoms with Crippen molar-refractivity contribution in [2.45, 2.75) is 46.0 Å². The Morgan fingerprint density at radius 1 is 1.33 bits per heavy atom. The third-order valence-corrected chi connectivity index (χ3v) is 3.38. The lowest BCUT2D eigenvalue weighted by atomic mass is 9.99. The SMILES string of the molecule is CCCCC(CC)CNCCc1ccc(N)cn1. The first-order valence-corrected chi connectivity index (χ1v) is 7.17. The standard InChI is InChI=1S/C15H27N3/c1-3-5-6-13(4-2)11-17-10-9-15-8-7-14(16)12-18-15/h7-8,12-13,17H,3-6,9-11,16H2,1-2H3. The van der Waals surface area contributed by atoms with E-state index in [1.54, 1.807) is 6.20 Å².